The van der Waals surface area contributed by atoms with E-state index in [1.54, 1.807) is 12.1 Å². The molecule has 72 valence electrons. The predicted octanol–water partition coefficient (Wildman–Crippen LogP) is 1.28. The molecule has 0 amide bonds. The van der Waals surface area contributed by atoms with Crippen LogP contribution < -0.4 is 9.47 Å². The Kier molecular flexibility index (Phi) is 3.27. The van der Waals surface area contributed by atoms with Gasteiger partial charge in [-0.05, 0) is 12.1 Å². The third-order valence-electron chi connectivity index (χ3n) is 1.55. The van der Waals surface area contributed by atoms with E-state index < -0.39 is 11.1 Å². The van der Waals surface area contributed by atoms with Crippen molar-refractivity contribution in [2.75, 3.05) is 14.2 Å². The van der Waals surface area contributed by atoms with Gasteiger partial charge in [0, 0.05) is 0 Å². The van der Waals surface area contributed by atoms with Crippen LogP contribution in [-0.4, -0.2) is 23.0 Å². The molecule has 5 heteroatoms. The molecule has 0 bridgehead atoms. The first-order valence-electron chi connectivity index (χ1n) is 3.52. The molecule has 0 heterocycles. The highest BCUT2D eigenvalue weighted by molar-refractivity contribution is 7.79. The molecule has 0 saturated heterocycles. The Bertz CT molecular complexity index is 324. The molecule has 1 unspecified atom stereocenters. The van der Waals surface area contributed by atoms with Crippen molar-refractivity contribution in [2.45, 2.75) is 4.90 Å². The van der Waals surface area contributed by atoms with E-state index >= 15 is 0 Å². The van der Waals surface area contributed by atoms with Crippen LogP contribution in [0.5, 0.6) is 11.5 Å². The second-order valence-electron chi connectivity index (χ2n) is 2.24. The second-order valence-corrected chi connectivity index (χ2v) is 3.18. The van der Waals surface area contributed by atoms with E-state index in [1.165, 1.54) is 20.3 Å². The molecule has 4 nitrogen and oxygen atoms in total. The molecule has 0 aliphatic heterocycles. The molecular weight excluding hydrogens is 192 g/mol. The maximum Gasteiger partial charge on any atom is 0.190 e. The van der Waals surface area contributed by atoms with Crippen LogP contribution in [0.1, 0.15) is 0 Å². The molecular formula is C8H10O4S. The van der Waals surface area contributed by atoms with E-state index in [-0.39, 0.29) is 4.90 Å². The summed E-state index contributed by atoms with van der Waals surface area (Å²) in [6.45, 7) is 0. The van der Waals surface area contributed by atoms with Gasteiger partial charge in [-0.25, -0.2) is 4.21 Å². The SMILES string of the molecule is COc1cccc(S(=O)O)c1OC. The summed E-state index contributed by atoms with van der Waals surface area (Å²) >= 11 is -2.06. The van der Waals surface area contributed by atoms with Gasteiger partial charge >= 0.3 is 0 Å². The summed E-state index contributed by atoms with van der Waals surface area (Å²) in [7, 11) is 2.90. The minimum absolute atomic E-state index is 0.210. The zero-order chi connectivity index (χ0) is 9.84. The topological polar surface area (TPSA) is 55.8 Å². The van der Waals surface area contributed by atoms with Gasteiger partial charge in [-0.2, -0.15) is 0 Å². The Labute approximate surface area is 78.8 Å². The molecule has 13 heavy (non-hydrogen) atoms. The Morgan fingerprint density at radius 2 is 2.00 bits per heavy atom. The number of ether oxygens (including phenoxy) is 2. The van der Waals surface area contributed by atoms with Gasteiger partial charge in [0.1, 0.15) is 4.90 Å². The second kappa shape index (κ2) is 4.25. The van der Waals surface area contributed by atoms with E-state index in [2.05, 4.69) is 0 Å². The summed E-state index contributed by atoms with van der Waals surface area (Å²) in [5, 5.41) is 0. The van der Waals surface area contributed by atoms with Crippen molar-refractivity contribution in [3.8, 4) is 11.5 Å². The largest absolute Gasteiger partial charge is 0.493 e. The highest BCUT2D eigenvalue weighted by Crippen LogP contribution is 2.32. The van der Waals surface area contributed by atoms with Crippen LogP contribution in [0.2, 0.25) is 0 Å². The van der Waals surface area contributed by atoms with Gasteiger partial charge in [0.05, 0.1) is 14.2 Å². The van der Waals surface area contributed by atoms with Gasteiger partial charge in [0.25, 0.3) is 0 Å². The van der Waals surface area contributed by atoms with E-state index in [0.717, 1.165) is 0 Å². The highest BCUT2D eigenvalue weighted by atomic mass is 32.2. The minimum atomic E-state index is -2.06. The van der Waals surface area contributed by atoms with E-state index in [0.29, 0.717) is 11.5 Å². The summed E-state index contributed by atoms with van der Waals surface area (Å²) in [6, 6.07) is 4.80. The zero-order valence-corrected chi connectivity index (χ0v) is 8.13. The molecule has 0 radical (unpaired) electrons. The minimum Gasteiger partial charge on any atom is -0.493 e. The number of para-hydroxylation sites is 1. The van der Waals surface area contributed by atoms with Gasteiger partial charge in [0.15, 0.2) is 22.6 Å². The van der Waals surface area contributed by atoms with E-state index in [9.17, 15) is 4.21 Å². The number of methoxy groups -OCH3 is 2. The van der Waals surface area contributed by atoms with Crippen LogP contribution in [0.3, 0.4) is 0 Å². The van der Waals surface area contributed by atoms with Crippen molar-refractivity contribution in [1.29, 1.82) is 0 Å². The van der Waals surface area contributed by atoms with E-state index in [1.807, 2.05) is 0 Å². The maximum absolute atomic E-state index is 10.8. The molecule has 1 atom stereocenters. The molecule has 0 saturated carbocycles. The van der Waals surface area contributed by atoms with Crippen LogP contribution in [0, 0.1) is 0 Å². The molecule has 1 aromatic carbocycles. The molecule has 1 N–H and O–H groups in total. The van der Waals surface area contributed by atoms with Gasteiger partial charge < -0.3 is 14.0 Å². The summed E-state index contributed by atoms with van der Waals surface area (Å²) in [5.74, 6) is 0.744. The van der Waals surface area contributed by atoms with Crippen molar-refractivity contribution in [3.63, 3.8) is 0 Å². The average Bonchev–Trinajstić information content (AvgIpc) is 2.16. The van der Waals surface area contributed by atoms with Gasteiger partial charge in [-0.3, -0.25) is 0 Å². The fourth-order valence-corrected chi connectivity index (χ4v) is 1.53. The molecule has 1 aromatic rings. The number of rotatable bonds is 3. The van der Waals surface area contributed by atoms with Crippen molar-refractivity contribution >= 4 is 11.1 Å². The number of benzene rings is 1. The Morgan fingerprint density at radius 3 is 2.46 bits per heavy atom. The summed E-state index contributed by atoms with van der Waals surface area (Å²) < 4.78 is 29.6. The molecule has 1 rings (SSSR count). The molecule has 0 spiro atoms. The first kappa shape index (κ1) is 10.0. The molecule has 0 aliphatic rings. The summed E-state index contributed by atoms with van der Waals surface area (Å²) in [4.78, 5) is 0.210. The number of hydrogen-bond acceptors (Lipinski definition) is 3. The third kappa shape index (κ3) is 1.99. The van der Waals surface area contributed by atoms with Crippen LogP contribution in [0.25, 0.3) is 0 Å². The molecule has 0 aromatic heterocycles. The lowest BCUT2D eigenvalue weighted by molar-refractivity contribution is 0.346. The lowest BCUT2D eigenvalue weighted by Gasteiger charge is -2.09. The Hall–Kier alpha value is -1.07. The van der Waals surface area contributed by atoms with Gasteiger partial charge in [-0.15, -0.1) is 0 Å². The molecule has 0 fully saturated rings. The lowest BCUT2D eigenvalue weighted by Crippen LogP contribution is -1.97. The first-order valence-corrected chi connectivity index (χ1v) is 4.63. The number of hydrogen-bond donors (Lipinski definition) is 1. The molecule has 0 aliphatic carbocycles. The fraction of sp³-hybridized carbons (Fsp3) is 0.250. The third-order valence-corrected chi connectivity index (χ3v) is 2.25. The Morgan fingerprint density at radius 1 is 1.31 bits per heavy atom. The van der Waals surface area contributed by atoms with E-state index in [4.69, 9.17) is 14.0 Å². The standard InChI is InChI=1S/C8H10O4S/c1-11-6-4-3-5-7(13(9)10)8(6)12-2/h3-5H,1-2H3,(H,9,10). The van der Waals surface area contributed by atoms with Crippen molar-refractivity contribution < 1.29 is 18.2 Å². The maximum atomic E-state index is 10.8. The predicted molar refractivity (Wildman–Crippen MR) is 48.6 cm³/mol. The quantitative estimate of drug-likeness (QED) is 0.750. The highest BCUT2D eigenvalue weighted by Gasteiger charge is 2.12. The normalized spacial score (nSPS) is 12.2. The van der Waals surface area contributed by atoms with Crippen molar-refractivity contribution in [2.24, 2.45) is 0 Å². The summed E-state index contributed by atoms with van der Waals surface area (Å²) in [6.07, 6.45) is 0. The first-order chi connectivity index (χ1) is 6.20. The fourth-order valence-electron chi connectivity index (χ4n) is 0.995. The monoisotopic (exact) mass is 202 g/mol. The van der Waals surface area contributed by atoms with Crippen LogP contribution in [0.4, 0.5) is 0 Å². The van der Waals surface area contributed by atoms with Crippen LogP contribution in [0.15, 0.2) is 23.1 Å². The summed E-state index contributed by atoms with van der Waals surface area (Å²) in [5.41, 5.74) is 0. The van der Waals surface area contributed by atoms with Crippen LogP contribution >= 0.6 is 0 Å². The average molecular weight is 202 g/mol. The zero-order valence-electron chi connectivity index (χ0n) is 7.31. The van der Waals surface area contributed by atoms with Gasteiger partial charge in [-0.1, -0.05) is 6.07 Å². The Balaban J connectivity index is 3.27. The van der Waals surface area contributed by atoms with Crippen molar-refractivity contribution in [1.82, 2.24) is 0 Å². The lowest BCUT2D eigenvalue weighted by atomic mass is 10.3. The van der Waals surface area contributed by atoms with Crippen molar-refractivity contribution in [3.05, 3.63) is 18.2 Å². The smallest absolute Gasteiger partial charge is 0.190 e. The van der Waals surface area contributed by atoms with Crippen LogP contribution in [-0.2, 0) is 11.1 Å². The van der Waals surface area contributed by atoms with Gasteiger partial charge in [0.2, 0.25) is 0 Å².